The molecule has 0 heterocycles. The van der Waals surface area contributed by atoms with Crippen LogP contribution in [0.25, 0.3) is 5.57 Å². The van der Waals surface area contributed by atoms with Gasteiger partial charge in [0, 0.05) is 5.69 Å². The lowest BCUT2D eigenvalue weighted by Crippen LogP contribution is -2.14. The van der Waals surface area contributed by atoms with Crippen LogP contribution < -0.4 is 10.1 Å². The Morgan fingerprint density at radius 1 is 1.20 bits per heavy atom. The molecule has 0 fully saturated rings. The average molecular weight is 337 g/mol. The number of carbonyl (C=O) groups is 1. The third kappa shape index (κ3) is 4.41. The lowest BCUT2D eigenvalue weighted by Gasteiger charge is -2.14. The van der Waals surface area contributed by atoms with Gasteiger partial charge in [0.05, 0.1) is 13.5 Å². The molecule has 0 bridgehead atoms. The van der Waals surface area contributed by atoms with Gasteiger partial charge in [0.15, 0.2) is 11.5 Å². The number of hydrogen-bond donors (Lipinski definition) is 2. The van der Waals surface area contributed by atoms with E-state index < -0.39 is 0 Å². The maximum absolute atomic E-state index is 12.3. The van der Waals surface area contributed by atoms with Crippen LogP contribution in [-0.4, -0.2) is 18.1 Å². The number of allylic oxidation sites excluding steroid dienone is 2. The number of nitrogens with one attached hydrogen (secondary N) is 1. The van der Waals surface area contributed by atoms with Gasteiger partial charge in [0.2, 0.25) is 5.91 Å². The number of phenols is 1. The third-order valence-electron chi connectivity index (χ3n) is 4.42. The molecular weight excluding hydrogens is 314 g/mol. The molecule has 1 aliphatic carbocycles. The van der Waals surface area contributed by atoms with Gasteiger partial charge in [-0.3, -0.25) is 4.79 Å². The van der Waals surface area contributed by atoms with Crippen molar-refractivity contribution in [1.29, 1.82) is 0 Å². The summed E-state index contributed by atoms with van der Waals surface area (Å²) in [7, 11) is 1.49. The number of rotatable bonds is 5. The maximum atomic E-state index is 12.3. The van der Waals surface area contributed by atoms with E-state index in [9.17, 15) is 9.90 Å². The number of methoxy groups -OCH3 is 1. The zero-order chi connectivity index (χ0) is 17.6. The lowest BCUT2D eigenvalue weighted by atomic mass is 9.93. The Morgan fingerprint density at radius 3 is 2.84 bits per heavy atom. The number of aromatic hydroxyl groups is 1. The van der Waals surface area contributed by atoms with E-state index in [4.69, 9.17) is 4.74 Å². The minimum atomic E-state index is -0.0949. The molecule has 4 nitrogen and oxygen atoms in total. The van der Waals surface area contributed by atoms with Gasteiger partial charge in [-0.05, 0) is 66.6 Å². The lowest BCUT2D eigenvalue weighted by molar-refractivity contribution is -0.115. The van der Waals surface area contributed by atoms with Crippen LogP contribution in [0.4, 0.5) is 5.69 Å². The van der Waals surface area contributed by atoms with Crippen LogP contribution in [0.15, 0.2) is 48.5 Å². The Balaban J connectivity index is 1.68. The largest absolute Gasteiger partial charge is 0.504 e. The summed E-state index contributed by atoms with van der Waals surface area (Å²) in [6.07, 6.45) is 7.25. The molecule has 3 rings (SSSR count). The number of hydrogen-bond acceptors (Lipinski definition) is 3. The highest BCUT2D eigenvalue weighted by molar-refractivity contribution is 5.92. The molecule has 0 aliphatic heterocycles. The Labute approximate surface area is 148 Å². The topological polar surface area (TPSA) is 58.6 Å². The SMILES string of the molecule is COc1cc(CC(=O)Nc2cccc(C3=CCCCC3)c2)ccc1O. The van der Waals surface area contributed by atoms with Crippen molar-refractivity contribution >= 4 is 17.2 Å². The van der Waals surface area contributed by atoms with Crippen molar-refractivity contribution in [2.45, 2.75) is 32.1 Å². The normalized spacial score (nSPS) is 13.9. The molecule has 25 heavy (non-hydrogen) atoms. The van der Waals surface area contributed by atoms with E-state index in [-0.39, 0.29) is 18.1 Å². The van der Waals surface area contributed by atoms with Gasteiger partial charge in [0.25, 0.3) is 0 Å². The van der Waals surface area contributed by atoms with Crippen LogP contribution in [0.5, 0.6) is 11.5 Å². The molecule has 2 aromatic carbocycles. The first-order valence-corrected chi connectivity index (χ1v) is 8.61. The molecular formula is C21H23NO3. The van der Waals surface area contributed by atoms with Gasteiger partial charge >= 0.3 is 0 Å². The summed E-state index contributed by atoms with van der Waals surface area (Å²) in [5, 5.41) is 12.6. The molecule has 0 unspecified atom stereocenters. The molecule has 0 saturated carbocycles. The van der Waals surface area contributed by atoms with Gasteiger partial charge < -0.3 is 15.2 Å². The molecule has 0 aromatic heterocycles. The second-order valence-electron chi connectivity index (χ2n) is 6.29. The van der Waals surface area contributed by atoms with Crippen LogP contribution in [-0.2, 0) is 11.2 Å². The van der Waals surface area contributed by atoms with Crippen LogP contribution in [0.2, 0.25) is 0 Å². The minimum Gasteiger partial charge on any atom is -0.504 e. The van der Waals surface area contributed by atoms with Gasteiger partial charge in [-0.2, -0.15) is 0 Å². The van der Waals surface area contributed by atoms with Crippen molar-refractivity contribution in [3.05, 3.63) is 59.7 Å². The Kier molecular flexibility index (Phi) is 5.39. The summed E-state index contributed by atoms with van der Waals surface area (Å²) in [6, 6.07) is 13.0. The van der Waals surface area contributed by atoms with Crippen molar-refractivity contribution in [3.8, 4) is 11.5 Å². The number of amides is 1. The fourth-order valence-corrected chi connectivity index (χ4v) is 3.12. The summed E-state index contributed by atoms with van der Waals surface area (Å²) in [5.41, 5.74) is 4.15. The number of anilines is 1. The van der Waals surface area contributed by atoms with Gasteiger partial charge in [0.1, 0.15) is 0 Å². The average Bonchev–Trinajstić information content (AvgIpc) is 2.64. The number of benzene rings is 2. The molecule has 0 atom stereocenters. The molecule has 0 saturated heterocycles. The Bertz CT molecular complexity index is 795. The second kappa shape index (κ2) is 7.88. The number of ether oxygens (including phenoxy) is 1. The number of carbonyl (C=O) groups excluding carboxylic acids is 1. The van der Waals surface area contributed by atoms with Crippen LogP contribution in [0, 0.1) is 0 Å². The highest BCUT2D eigenvalue weighted by atomic mass is 16.5. The zero-order valence-corrected chi connectivity index (χ0v) is 14.4. The highest BCUT2D eigenvalue weighted by Crippen LogP contribution is 2.29. The first kappa shape index (κ1) is 17.1. The summed E-state index contributed by atoms with van der Waals surface area (Å²) in [4.78, 5) is 12.3. The van der Waals surface area contributed by atoms with Crippen molar-refractivity contribution in [2.75, 3.05) is 12.4 Å². The summed E-state index contributed by atoms with van der Waals surface area (Å²) < 4.78 is 5.08. The third-order valence-corrected chi connectivity index (χ3v) is 4.42. The van der Waals surface area contributed by atoms with Crippen molar-refractivity contribution in [1.82, 2.24) is 0 Å². The Morgan fingerprint density at radius 2 is 2.08 bits per heavy atom. The van der Waals surface area contributed by atoms with Gasteiger partial charge in [-0.15, -0.1) is 0 Å². The second-order valence-corrected chi connectivity index (χ2v) is 6.29. The van der Waals surface area contributed by atoms with Crippen molar-refractivity contribution < 1.29 is 14.6 Å². The summed E-state index contributed by atoms with van der Waals surface area (Å²) in [5.74, 6) is 0.346. The van der Waals surface area contributed by atoms with E-state index in [1.165, 1.54) is 37.2 Å². The van der Waals surface area contributed by atoms with Crippen LogP contribution in [0.3, 0.4) is 0 Å². The minimum absolute atomic E-state index is 0.0696. The smallest absolute Gasteiger partial charge is 0.228 e. The standard InChI is InChI=1S/C21H23NO3/c1-25-20-12-15(10-11-19(20)23)13-21(24)22-18-9-5-8-17(14-18)16-6-3-2-4-7-16/h5-6,8-12,14,23H,2-4,7,13H2,1H3,(H,22,24). The van der Waals surface area contributed by atoms with E-state index in [2.05, 4.69) is 17.5 Å². The fraction of sp³-hybridized carbons (Fsp3) is 0.286. The van der Waals surface area contributed by atoms with Crippen molar-refractivity contribution in [3.63, 3.8) is 0 Å². The molecule has 1 aliphatic rings. The zero-order valence-electron chi connectivity index (χ0n) is 14.4. The molecule has 0 spiro atoms. The molecule has 2 N–H and O–H groups in total. The quantitative estimate of drug-likeness (QED) is 0.842. The van der Waals surface area contributed by atoms with Crippen molar-refractivity contribution in [2.24, 2.45) is 0 Å². The monoisotopic (exact) mass is 337 g/mol. The summed E-state index contributed by atoms with van der Waals surface area (Å²) >= 11 is 0. The first-order chi connectivity index (χ1) is 12.2. The first-order valence-electron chi connectivity index (χ1n) is 8.61. The molecule has 0 radical (unpaired) electrons. The number of phenolic OH excluding ortho intramolecular Hbond substituents is 1. The van der Waals surface area contributed by atoms with E-state index in [1.807, 2.05) is 18.2 Å². The Hall–Kier alpha value is -2.75. The van der Waals surface area contributed by atoms with E-state index in [0.29, 0.717) is 5.75 Å². The van der Waals surface area contributed by atoms with Crippen LogP contribution in [0.1, 0.15) is 36.8 Å². The molecule has 4 heteroatoms. The predicted molar refractivity (Wildman–Crippen MR) is 99.9 cm³/mol. The van der Waals surface area contributed by atoms with Gasteiger partial charge in [-0.1, -0.05) is 24.3 Å². The van der Waals surface area contributed by atoms with Crippen LogP contribution >= 0.6 is 0 Å². The van der Waals surface area contributed by atoms with E-state index in [1.54, 1.807) is 12.1 Å². The van der Waals surface area contributed by atoms with E-state index >= 15 is 0 Å². The van der Waals surface area contributed by atoms with E-state index in [0.717, 1.165) is 24.1 Å². The molecule has 2 aromatic rings. The van der Waals surface area contributed by atoms with Gasteiger partial charge in [-0.25, -0.2) is 0 Å². The predicted octanol–water partition coefficient (Wildman–Crippen LogP) is 4.54. The highest BCUT2D eigenvalue weighted by Gasteiger charge is 2.10. The maximum Gasteiger partial charge on any atom is 0.228 e. The summed E-state index contributed by atoms with van der Waals surface area (Å²) in [6.45, 7) is 0. The molecule has 1 amide bonds. The fourth-order valence-electron chi connectivity index (χ4n) is 3.12. The molecule has 130 valence electrons.